The van der Waals surface area contributed by atoms with Crippen LogP contribution in [0.3, 0.4) is 0 Å². The Hall–Kier alpha value is -0.980. The predicted octanol–water partition coefficient (Wildman–Crippen LogP) is 0.424. The minimum absolute atomic E-state index is 0.00571. The van der Waals surface area contributed by atoms with Gasteiger partial charge in [-0.1, -0.05) is 6.07 Å². The summed E-state index contributed by atoms with van der Waals surface area (Å²) in [5, 5.41) is 2.51. The van der Waals surface area contributed by atoms with Crippen molar-refractivity contribution in [3.63, 3.8) is 0 Å². The van der Waals surface area contributed by atoms with Crippen molar-refractivity contribution in [2.45, 2.75) is 24.6 Å². The summed E-state index contributed by atoms with van der Waals surface area (Å²) in [6.45, 7) is 3.23. The van der Waals surface area contributed by atoms with Gasteiger partial charge in [0.1, 0.15) is 5.25 Å². The topological polar surface area (TPSA) is 71.1 Å². The van der Waals surface area contributed by atoms with E-state index in [1.54, 1.807) is 31.3 Å². The summed E-state index contributed by atoms with van der Waals surface area (Å²) < 4.78 is 26.9. The maximum Gasteiger partial charge on any atom is 0.220 e. The molecule has 17 heavy (non-hydrogen) atoms. The van der Waals surface area contributed by atoms with Crippen LogP contribution in [0.15, 0.2) is 24.4 Å². The lowest BCUT2D eigenvalue weighted by molar-refractivity contribution is 0.549. The summed E-state index contributed by atoms with van der Waals surface area (Å²) in [5.74, 6) is 0. The fourth-order valence-electron chi connectivity index (χ4n) is 1.87. The molecular formula is C11H17N3O2S. The van der Waals surface area contributed by atoms with Gasteiger partial charge in [0.25, 0.3) is 0 Å². The van der Waals surface area contributed by atoms with E-state index >= 15 is 0 Å². The third kappa shape index (κ3) is 3.02. The molecule has 0 aromatic carbocycles. The molecule has 0 saturated carbocycles. The summed E-state index contributed by atoms with van der Waals surface area (Å²) in [7, 11) is -3.35. The van der Waals surface area contributed by atoms with Crippen molar-refractivity contribution in [2.75, 3.05) is 13.1 Å². The monoisotopic (exact) mass is 255 g/mol. The molecule has 6 heteroatoms. The second-order valence-corrected chi connectivity index (χ2v) is 6.28. The molecule has 2 rings (SSSR count). The van der Waals surface area contributed by atoms with Crippen molar-refractivity contribution in [3.8, 4) is 0 Å². The molecule has 1 aliphatic heterocycles. The molecule has 0 aliphatic carbocycles. The number of pyridine rings is 1. The van der Waals surface area contributed by atoms with Crippen LogP contribution in [-0.4, -0.2) is 32.5 Å². The second-order valence-electron chi connectivity index (χ2n) is 4.25. The third-order valence-electron chi connectivity index (χ3n) is 2.96. The van der Waals surface area contributed by atoms with Crippen LogP contribution < -0.4 is 10.0 Å². The molecule has 2 heterocycles. The average Bonchev–Trinajstić information content (AvgIpc) is 2.81. The van der Waals surface area contributed by atoms with Crippen LogP contribution in [0.25, 0.3) is 0 Å². The van der Waals surface area contributed by atoms with Crippen LogP contribution in [0.5, 0.6) is 0 Å². The van der Waals surface area contributed by atoms with Crippen LogP contribution >= 0.6 is 0 Å². The number of hydrogen-bond donors (Lipinski definition) is 2. The molecule has 1 unspecified atom stereocenters. The molecule has 0 bridgehead atoms. The van der Waals surface area contributed by atoms with Crippen molar-refractivity contribution in [1.29, 1.82) is 0 Å². The Bertz CT molecular complexity index is 455. The Morgan fingerprint density at radius 3 is 2.94 bits per heavy atom. The molecule has 0 spiro atoms. The number of hydrogen-bond acceptors (Lipinski definition) is 4. The smallest absolute Gasteiger partial charge is 0.220 e. The molecule has 5 nitrogen and oxygen atoms in total. The van der Waals surface area contributed by atoms with Crippen molar-refractivity contribution in [1.82, 2.24) is 15.0 Å². The van der Waals surface area contributed by atoms with Gasteiger partial charge in [0.2, 0.25) is 10.0 Å². The van der Waals surface area contributed by atoms with Gasteiger partial charge >= 0.3 is 0 Å². The highest BCUT2D eigenvalue weighted by Gasteiger charge is 2.27. The van der Waals surface area contributed by atoms with E-state index in [0.29, 0.717) is 12.2 Å². The van der Waals surface area contributed by atoms with Crippen LogP contribution in [0.4, 0.5) is 0 Å². The van der Waals surface area contributed by atoms with E-state index in [1.165, 1.54) is 0 Å². The average molecular weight is 255 g/mol. The van der Waals surface area contributed by atoms with E-state index in [1.807, 2.05) is 0 Å². The summed E-state index contributed by atoms with van der Waals surface area (Å²) in [5.41, 5.74) is 0.575. The zero-order valence-corrected chi connectivity index (χ0v) is 10.6. The van der Waals surface area contributed by atoms with E-state index in [9.17, 15) is 8.42 Å². The molecular weight excluding hydrogens is 238 g/mol. The molecule has 1 aliphatic rings. The van der Waals surface area contributed by atoms with Crippen LogP contribution in [0.2, 0.25) is 0 Å². The van der Waals surface area contributed by atoms with Gasteiger partial charge in [-0.25, -0.2) is 13.1 Å². The van der Waals surface area contributed by atoms with Gasteiger partial charge in [-0.15, -0.1) is 0 Å². The summed E-state index contributed by atoms with van der Waals surface area (Å²) in [6.07, 6.45) is 2.45. The molecule has 2 atom stereocenters. The van der Waals surface area contributed by atoms with Crippen LogP contribution in [-0.2, 0) is 10.0 Å². The Kier molecular flexibility index (Phi) is 3.76. The maximum atomic E-state index is 12.1. The quantitative estimate of drug-likeness (QED) is 0.818. The fourth-order valence-corrected chi connectivity index (χ4v) is 3.19. The Labute approximate surface area is 102 Å². The predicted molar refractivity (Wildman–Crippen MR) is 66.0 cm³/mol. The van der Waals surface area contributed by atoms with E-state index in [2.05, 4.69) is 15.0 Å². The molecule has 94 valence electrons. The molecule has 2 N–H and O–H groups in total. The van der Waals surface area contributed by atoms with Gasteiger partial charge in [-0.05, 0) is 32.0 Å². The SMILES string of the molecule is CC(c1ccccn1)S(=O)(=O)N[C@@H]1CCNC1. The molecule has 0 radical (unpaired) electrons. The summed E-state index contributed by atoms with van der Waals surface area (Å²) in [4.78, 5) is 4.08. The highest BCUT2D eigenvalue weighted by molar-refractivity contribution is 7.89. The van der Waals surface area contributed by atoms with Gasteiger partial charge in [0, 0.05) is 18.8 Å². The van der Waals surface area contributed by atoms with Crippen molar-refractivity contribution in [2.24, 2.45) is 0 Å². The van der Waals surface area contributed by atoms with Crippen molar-refractivity contribution < 1.29 is 8.42 Å². The molecule has 1 fully saturated rings. The molecule has 0 amide bonds. The van der Waals surface area contributed by atoms with E-state index in [-0.39, 0.29) is 6.04 Å². The number of aromatic nitrogens is 1. The first-order valence-corrected chi connectivity index (χ1v) is 7.27. The molecule has 1 aromatic heterocycles. The summed E-state index contributed by atoms with van der Waals surface area (Å²) >= 11 is 0. The highest BCUT2D eigenvalue weighted by atomic mass is 32.2. The molecule has 1 saturated heterocycles. The van der Waals surface area contributed by atoms with Gasteiger partial charge in [-0.3, -0.25) is 4.98 Å². The largest absolute Gasteiger partial charge is 0.315 e. The molecule has 1 aromatic rings. The van der Waals surface area contributed by atoms with Crippen LogP contribution in [0.1, 0.15) is 24.3 Å². The standard InChI is InChI=1S/C11H17N3O2S/c1-9(11-4-2-3-6-13-11)17(15,16)14-10-5-7-12-8-10/h2-4,6,9-10,12,14H,5,7-8H2,1H3/t9?,10-/m1/s1. The van der Waals surface area contributed by atoms with E-state index in [0.717, 1.165) is 13.0 Å². The Balaban J connectivity index is 2.09. The van der Waals surface area contributed by atoms with Crippen molar-refractivity contribution in [3.05, 3.63) is 30.1 Å². The van der Waals surface area contributed by atoms with Gasteiger partial charge < -0.3 is 5.32 Å². The zero-order chi connectivity index (χ0) is 12.3. The number of sulfonamides is 1. The van der Waals surface area contributed by atoms with Gasteiger partial charge in [0.05, 0.1) is 5.69 Å². The first kappa shape index (κ1) is 12.5. The van der Waals surface area contributed by atoms with E-state index < -0.39 is 15.3 Å². The fraction of sp³-hybridized carbons (Fsp3) is 0.545. The second kappa shape index (κ2) is 5.12. The van der Waals surface area contributed by atoms with E-state index in [4.69, 9.17) is 0 Å². The van der Waals surface area contributed by atoms with Gasteiger partial charge in [0.15, 0.2) is 0 Å². The lowest BCUT2D eigenvalue weighted by atomic mass is 10.3. The lowest BCUT2D eigenvalue weighted by Crippen LogP contribution is -2.38. The third-order valence-corrected chi connectivity index (χ3v) is 4.80. The minimum atomic E-state index is -3.35. The first-order valence-electron chi connectivity index (χ1n) is 5.72. The number of nitrogens with one attached hydrogen (secondary N) is 2. The minimum Gasteiger partial charge on any atom is -0.315 e. The lowest BCUT2D eigenvalue weighted by Gasteiger charge is -2.16. The maximum absolute atomic E-state index is 12.1. The van der Waals surface area contributed by atoms with Crippen LogP contribution in [0, 0.1) is 0 Å². The Morgan fingerprint density at radius 2 is 2.35 bits per heavy atom. The zero-order valence-electron chi connectivity index (χ0n) is 9.76. The van der Waals surface area contributed by atoms with Gasteiger partial charge in [-0.2, -0.15) is 0 Å². The number of nitrogens with zero attached hydrogens (tertiary/aromatic N) is 1. The van der Waals surface area contributed by atoms with Crippen molar-refractivity contribution >= 4 is 10.0 Å². The Morgan fingerprint density at radius 1 is 1.53 bits per heavy atom. The normalized spacial score (nSPS) is 22.5. The number of rotatable bonds is 4. The highest BCUT2D eigenvalue weighted by Crippen LogP contribution is 2.19. The summed E-state index contributed by atoms with van der Waals surface area (Å²) in [6, 6.07) is 5.31. The first-order chi connectivity index (χ1) is 8.09.